The summed E-state index contributed by atoms with van der Waals surface area (Å²) in [5, 5.41) is 0.955. The van der Waals surface area contributed by atoms with Crippen LogP contribution in [-0.2, 0) is 0 Å². The zero-order valence-electron chi connectivity index (χ0n) is 13.9. The van der Waals surface area contributed by atoms with E-state index >= 15 is 0 Å². The summed E-state index contributed by atoms with van der Waals surface area (Å²) < 4.78 is 0. The Hall–Kier alpha value is -1.87. The van der Waals surface area contributed by atoms with E-state index in [1.807, 2.05) is 0 Å². The molecular weight excluding hydrogens is 300 g/mol. The average molecular weight is 324 g/mol. The fraction of sp³-hybridized carbons (Fsp3) is 0.350. The maximum absolute atomic E-state index is 5.82. The lowest BCUT2D eigenvalue weighted by Crippen LogP contribution is -2.32. The maximum Gasteiger partial charge on any atom is 0.176 e. The number of thiocarbonyl (C=S) groups is 1. The van der Waals surface area contributed by atoms with Crippen LogP contribution in [-0.4, -0.2) is 23.1 Å². The minimum absolute atomic E-state index is 0.295. The standard InChI is InChI=1S/C20H24N2S/c1-3-4-14-21-15-19(17-8-6-5-7-9-17)22(20(21)23)18-12-10-16(2)11-13-18/h5-13,19H,3-4,14-15H2,1-2H3/t19-/m1/s1. The molecule has 3 rings (SSSR count). The van der Waals surface area contributed by atoms with Gasteiger partial charge < -0.3 is 9.80 Å². The predicted molar refractivity (Wildman–Crippen MR) is 102 cm³/mol. The Balaban J connectivity index is 1.94. The van der Waals surface area contributed by atoms with Crippen molar-refractivity contribution in [2.45, 2.75) is 32.7 Å². The number of hydrogen-bond donors (Lipinski definition) is 0. The van der Waals surface area contributed by atoms with Crippen LogP contribution in [0.2, 0.25) is 0 Å². The fourth-order valence-electron chi connectivity index (χ4n) is 3.12. The molecule has 2 aromatic rings. The highest BCUT2D eigenvalue weighted by atomic mass is 32.1. The van der Waals surface area contributed by atoms with Crippen molar-refractivity contribution in [3.05, 3.63) is 65.7 Å². The van der Waals surface area contributed by atoms with Gasteiger partial charge in [0.25, 0.3) is 0 Å². The van der Waals surface area contributed by atoms with Crippen LogP contribution >= 0.6 is 12.2 Å². The molecule has 1 fully saturated rings. The van der Waals surface area contributed by atoms with Crippen LogP contribution in [0.4, 0.5) is 5.69 Å². The van der Waals surface area contributed by atoms with Crippen LogP contribution in [0.15, 0.2) is 54.6 Å². The molecule has 0 N–H and O–H groups in total. The largest absolute Gasteiger partial charge is 0.346 e. The summed E-state index contributed by atoms with van der Waals surface area (Å²) in [5.74, 6) is 0. The third kappa shape index (κ3) is 3.40. The quantitative estimate of drug-likeness (QED) is 0.719. The van der Waals surface area contributed by atoms with Crippen molar-refractivity contribution in [3.8, 4) is 0 Å². The summed E-state index contributed by atoms with van der Waals surface area (Å²) in [6.45, 7) is 6.36. The number of hydrogen-bond acceptors (Lipinski definition) is 1. The van der Waals surface area contributed by atoms with Crippen molar-refractivity contribution in [1.29, 1.82) is 0 Å². The zero-order chi connectivity index (χ0) is 16.2. The van der Waals surface area contributed by atoms with Gasteiger partial charge in [-0.05, 0) is 43.3 Å². The van der Waals surface area contributed by atoms with Crippen molar-refractivity contribution in [2.24, 2.45) is 0 Å². The van der Waals surface area contributed by atoms with Crippen molar-refractivity contribution in [3.63, 3.8) is 0 Å². The van der Waals surface area contributed by atoms with Gasteiger partial charge in [-0.3, -0.25) is 0 Å². The highest BCUT2D eigenvalue weighted by molar-refractivity contribution is 7.80. The van der Waals surface area contributed by atoms with Crippen molar-refractivity contribution >= 4 is 23.0 Å². The third-order valence-corrected chi connectivity index (χ3v) is 4.91. The Bertz CT molecular complexity index is 651. The Labute approximate surface area is 144 Å². The van der Waals surface area contributed by atoms with Gasteiger partial charge >= 0.3 is 0 Å². The molecule has 0 aromatic heterocycles. The minimum atomic E-state index is 0.295. The normalized spacial score (nSPS) is 17.8. The summed E-state index contributed by atoms with van der Waals surface area (Å²) in [4.78, 5) is 4.68. The van der Waals surface area contributed by atoms with Crippen molar-refractivity contribution < 1.29 is 0 Å². The molecule has 1 aliphatic rings. The Kier molecular flexibility index (Phi) is 4.97. The first-order valence-corrected chi connectivity index (χ1v) is 8.81. The molecule has 2 nitrogen and oxygen atoms in total. The van der Waals surface area contributed by atoms with E-state index < -0.39 is 0 Å². The molecule has 1 saturated heterocycles. The van der Waals surface area contributed by atoms with Gasteiger partial charge in [-0.1, -0.05) is 61.4 Å². The lowest BCUT2D eigenvalue weighted by atomic mass is 10.1. The van der Waals surface area contributed by atoms with Gasteiger partial charge in [0.15, 0.2) is 5.11 Å². The van der Waals surface area contributed by atoms with Gasteiger partial charge in [0, 0.05) is 18.8 Å². The summed E-state index contributed by atoms with van der Waals surface area (Å²) in [6.07, 6.45) is 2.38. The summed E-state index contributed by atoms with van der Waals surface area (Å²) in [5.41, 5.74) is 3.79. The van der Waals surface area contributed by atoms with Gasteiger partial charge in [-0.15, -0.1) is 0 Å². The van der Waals surface area contributed by atoms with E-state index in [0.717, 1.165) is 18.2 Å². The molecule has 1 atom stereocenters. The van der Waals surface area contributed by atoms with Gasteiger partial charge in [0.2, 0.25) is 0 Å². The highest BCUT2D eigenvalue weighted by Gasteiger charge is 2.35. The number of unbranched alkanes of at least 4 members (excludes halogenated alkanes) is 1. The zero-order valence-corrected chi connectivity index (χ0v) is 14.7. The molecule has 0 aliphatic carbocycles. The first-order chi connectivity index (χ1) is 11.2. The van der Waals surface area contributed by atoms with E-state index in [2.05, 4.69) is 78.2 Å². The predicted octanol–water partition coefficient (Wildman–Crippen LogP) is 4.94. The van der Waals surface area contributed by atoms with Crippen LogP contribution in [0.3, 0.4) is 0 Å². The van der Waals surface area contributed by atoms with E-state index in [1.54, 1.807) is 0 Å². The van der Waals surface area contributed by atoms with Crippen LogP contribution in [0.5, 0.6) is 0 Å². The van der Waals surface area contributed by atoms with Gasteiger partial charge in [-0.2, -0.15) is 0 Å². The molecule has 2 aromatic carbocycles. The van der Waals surface area contributed by atoms with Crippen LogP contribution in [0.25, 0.3) is 0 Å². The third-order valence-electron chi connectivity index (χ3n) is 4.46. The Morgan fingerprint density at radius 3 is 2.39 bits per heavy atom. The molecule has 0 amide bonds. The number of rotatable bonds is 5. The van der Waals surface area contributed by atoms with Crippen LogP contribution < -0.4 is 4.90 Å². The molecule has 0 saturated carbocycles. The molecule has 0 bridgehead atoms. The summed E-state index contributed by atoms with van der Waals surface area (Å²) in [7, 11) is 0. The van der Waals surface area contributed by atoms with E-state index in [0.29, 0.717) is 6.04 Å². The Morgan fingerprint density at radius 2 is 1.74 bits per heavy atom. The minimum Gasteiger partial charge on any atom is -0.346 e. The monoisotopic (exact) mass is 324 g/mol. The molecule has 0 spiro atoms. The van der Waals surface area contributed by atoms with E-state index in [9.17, 15) is 0 Å². The maximum atomic E-state index is 5.82. The molecule has 1 heterocycles. The van der Waals surface area contributed by atoms with Gasteiger partial charge in [0.05, 0.1) is 6.04 Å². The number of benzene rings is 2. The summed E-state index contributed by atoms with van der Waals surface area (Å²) >= 11 is 5.82. The van der Waals surface area contributed by atoms with Gasteiger partial charge in [0.1, 0.15) is 0 Å². The second-order valence-corrected chi connectivity index (χ2v) is 6.58. The lowest BCUT2D eigenvalue weighted by molar-refractivity contribution is 0.429. The fourth-order valence-corrected chi connectivity index (χ4v) is 3.51. The summed E-state index contributed by atoms with van der Waals surface area (Å²) in [6, 6.07) is 19.7. The second kappa shape index (κ2) is 7.14. The molecule has 0 unspecified atom stereocenters. The first-order valence-electron chi connectivity index (χ1n) is 8.40. The molecule has 23 heavy (non-hydrogen) atoms. The SMILES string of the molecule is CCCCN1C[C@H](c2ccccc2)N(c2ccc(C)cc2)C1=S. The topological polar surface area (TPSA) is 6.48 Å². The van der Waals surface area contributed by atoms with Crippen molar-refractivity contribution in [2.75, 3.05) is 18.0 Å². The molecular formula is C20H24N2S. The van der Waals surface area contributed by atoms with E-state index in [-0.39, 0.29) is 0 Å². The molecule has 0 radical (unpaired) electrons. The van der Waals surface area contributed by atoms with Crippen molar-refractivity contribution in [1.82, 2.24) is 4.90 Å². The van der Waals surface area contributed by atoms with E-state index in [4.69, 9.17) is 12.2 Å². The number of nitrogens with zero attached hydrogens (tertiary/aromatic N) is 2. The Morgan fingerprint density at radius 1 is 1.04 bits per heavy atom. The highest BCUT2D eigenvalue weighted by Crippen LogP contribution is 2.34. The average Bonchev–Trinajstić information content (AvgIpc) is 2.91. The number of anilines is 1. The van der Waals surface area contributed by atoms with Crippen LogP contribution in [0, 0.1) is 6.92 Å². The lowest BCUT2D eigenvalue weighted by Gasteiger charge is -2.26. The molecule has 1 aliphatic heterocycles. The van der Waals surface area contributed by atoms with Gasteiger partial charge in [-0.25, -0.2) is 0 Å². The van der Waals surface area contributed by atoms with E-state index in [1.165, 1.54) is 29.7 Å². The van der Waals surface area contributed by atoms with Crippen LogP contribution in [0.1, 0.15) is 36.9 Å². The number of aryl methyl sites for hydroxylation is 1. The second-order valence-electron chi connectivity index (χ2n) is 6.21. The molecule has 3 heteroatoms. The molecule has 120 valence electrons. The first kappa shape index (κ1) is 16.0. The smallest absolute Gasteiger partial charge is 0.176 e.